The van der Waals surface area contributed by atoms with Crippen molar-refractivity contribution in [3.8, 4) is 0 Å². The highest BCUT2D eigenvalue weighted by molar-refractivity contribution is 6.06. The van der Waals surface area contributed by atoms with E-state index in [1.54, 1.807) is 62.1 Å². The molecule has 0 aliphatic carbocycles. The van der Waals surface area contributed by atoms with Gasteiger partial charge in [-0.2, -0.15) is 0 Å². The molecule has 1 aliphatic heterocycles. The zero-order valence-corrected chi connectivity index (χ0v) is 23.9. The molecule has 0 saturated carbocycles. The summed E-state index contributed by atoms with van der Waals surface area (Å²) in [7, 11) is 0. The van der Waals surface area contributed by atoms with Gasteiger partial charge in [-0.25, -0.2) is 9.59 Å². The highest BCUT2D eigenvalue weighted by Crippen LogP contribution is 2.23. The number of anilines is 2. The summed E-state index contributed by atoms with van der Waals surface area (Å²) >= 11 is 0. The average Bonchev–Trinajstić information content (AvgIpc) is 2.84. The van der Waals surface area contributed by atoms with E-state index in [0.717, 1.165) is 24.9 Å². The fraction of sp³-hybridized carbons (Fsp3) is 0.500. The third kappa shape index (κ3) is 10.2. The molecule has 0 atom stereocenters. The largest absolute Gasteiger partial charge is 0.444 e. The Kier molecular flexibility index (Phi) is 9.97. The van der Waals surface area contributed by atoms with Crippen LogP contribution in [0.25, 0.3) is 0 Å². The number of carbonyl (C=O) groups is 3. The van der Waals surface area contributed by atoms with Gasteiger partial charge in [0.2, 0.25) is 0 Å². The highest BCUT2D eigenvalue weighted by atomic mass is 16.6. The fourth-order valence-electron chi connectivity index (χ4n) is 4.15. The number of nitrogens with one attached hydrogen (secondary N) is 3. The summed E-state index contributed by atoms with van der Waals surface area (Å²) in [6.45, 7) is 14.0. The van der Waals surface area contributed by atoms with Crippen molar-refractivity contribution in [3.63, 3.8) is 0 Å². The quantitative estimate of drug-likeness (QED) is 0.398. The Morgan fingerprint density at radius 3 is 1.95 bits per heavy atom. The SMILES string of the molecule is CC(C)(C)OC(=O)Nc1ccccc1NC(=O)c1ccc(CNCC2CCN(C(=O)OC(C)(C)C)CC2)cc1. The smallest absolute Gasteiger partial charge is 0.412 e. The van der Waals surface area contributed by atoms with E-state index in [-0.39, 0.29) is 12.0 Å². The molecule has 1 heterocycles. The second-order valence-electron chi connectivity index (χ2n) is 11.9. The van der Waals surface area contributed by atoms with Gasteiger partial charge < -0.3 is 25.0 Å². The molecule has 3 amide bonds. The van der Waals surface area contributed by atoms with Gasteiger partial charge in [0.1, 0.15) is 11.2 Å². The molecule has 2 aromatic carbocycles. The first kappa shape index (κ1) is 30.0. The number of ether oxygens (including phenoxy) is 2. The van der Waals surface area contributed by atoms with Crippen molar-refractivity contribution in [1.82, 2.24) is 10.2 Å². The van der Waals surface area contributed by atoms with E-state index in [9.17, 15) is 14.4 Å². The number of hydrogen-bond donors (Lipinski definition) is 3. The van der Waals surface area contributed by atoms with E-state index in [1.165, 1.54) is 0 Å². The Balaban J connectivity index is 1.44. The molecule has 3 rings (SSSR count). The van der Waals surface area contributed by atoms with Crippen LogP contribution in [-0.4, -0.2) is 53.8 Å². The third-order valence-electron chi connectivity index (χ3n) is 6.06. The van der Waals surface area contributed by atoms with Crippen molar-refractivity contribution in [2.45, 2.75) is 72.1 Å². The molecule has 1 aliphatic rings. The number of likely N-dealkylation sites (tertiary alicyclic amines) is 1. The molecule has 0 bridgehead atoms. The van der Waals surface area contributed by atoms with Gasteiger partial charge in [0.15, 0.2) is 0 Å². The van der Waals surface area contributed by atoms with Gasteiger partial charge in [-0.05, 0) is 96.7 Å². The molecule has 9 heteroatoms. The molecular formula is C30H42N4O5. The number of piperidine rings is 1. The van der Waals surface area contributed by atoms with E-state index in [0.29, 0.717) is 42.5 Å². The first-order chi connectivity index (χ1) is 18.3. The molecule has 0 unspecified atom stereocenters. The van der Waals surface area contributed by atoms with E-state index < -0.39 is 17.3 Å². The summed E-state index contributed by atoms with van der Waals surface area (Å²) in [5.41, 5.74) is 1.42. The summed E-state index contributed by atoms with van der Waals surface area (Å²) in [5, 5.41) is 9.05. The third-order valence-corrected chi connectivity index (χ3v) is 6.06. The van der Waals surface area contributed by atoms with Crippen LogP contribution in [-0.2, 0) is 16.0 Å². The highest BCUT2D eigenvalue weighted by Gasteiger charge is 2.26. The van der Waals surface area contributed by atoms with Crippen molar-refractivity contribution >= 4 is 29.5 Å². The predicted octanol–water partition coefficient (Wildman–Crippen LogP) is 6.02. The van der Waals surface area contributed by atoms with Crippen LogP contribution >= 0.6 is 0 Å². The summed E-state index contributed by atoms with van der Waals surface area (Å²) in [6.07, 6.45) is 1.06. The lowest BCUT2D eigenvalue weighted by Gasteiger charge is -2.33. The first-order valence-electron chi connectivity index (χ1n) is 13.5. The second-order valence-corrected chi connectivity index (χ2v) is 11.9. The lowest BCUT2D eigenvalue weighted by molar-refractivity contribution is 0.0184. The maximum atomic E-state index is 12.9. The summed E-state index contributed by atoms with van der Waals surface area (Å²) in [5.74, 6) is 0.229. The maximum absolute atomic E-state index is 12.9. The normalized spacial score (nSPS) is 14.5. The first-order valence-corrected chi connectivity index (χ1v) is 13.5. The number of para-hydroxylation sites is 2. The van der Waals surface area contributed by atoms with E-state index >= 15 is 0 Å². The van der Waals surface area contributed by atoms with Crippen molar-refractivity contribution in [3.05, 3.63) is 59.7 Å². The van der Waals surface area contributed by atoms with E-state index in [2.05, 4.69) is 16.0 Å². The number of carbonyl (C=O) groups excluding carboxylic acids is 3. The second kappa shape index (κ2) is 13.0. The van der Waals surface area contributed by atoms with Gasteiger partial charge in [0.25, 0.3) is 5.91 Å². The minimum absolute atomic E-state index is 0.235. The Morgan fingerprint density at radius 2 is 1.38 bits per heavy atom. The van der Waals surface area contributed by atoms with Gasteiger partial charge in [-0.1, -0.05) is 24.3 Å². The molecule has 39 heavy (non-hydrogen) atoms. The molecule has 0 aromatic heterocycles. The van der Waals surface area contributed by atoms with Gasteiger partial charge in [0.05, 0.1) is 11.4 Å². The predicted molar refractivity (Wildman–Crippen MR) is 153 cm³/mol. The van der Waals surface area contributed by atoms with Crippen LogP contribution in [0.15, 0.2) is 48.5 Å². The topological polar surface area (TPSA) is 109 Å². The molecule has 0 spiro atoms. The van der Waals surface area contributed by atoms with Crippen molar-refractivity contribution < 1.29 is 23.9 Å². The number of nitrogens with zero attached hydrogens (tertiary/aromatic N) is 1. The molecule has 3 N–H and O–H groups in total. The minimum Gasteiger partial charge on any atom is -0.444 e. The Morgan fingerprint density at radius 1 is 0.821 bits per heavy atom. The van der Waals surface area contributed by atoms with Crippen LogP contribution in [0.2, 0.25) is 0 Å². The average molecular weight is 539 g/mol. The van der Waals surface area contributed by atoms with Crippen LogP contribution in [0.3, 0.4) is 0 Å². The van der Waals surface area contributed by atoms with Crippen LogP contribution in [0.1, 0.15) is 70.3 Å². The Bertz CT molecular complexity index is 1130. The number of amides is 3. The van der Waals surface area contributed by atoms with E-state index in [1.807, 2.05) is 32.9 Å². The minimum atomic E-state index is -0.627. The molecular weight excluding hydrogens is 496 g/mol. The Labute approximate surface area is 231 Å². The number of benzene rings is 2. The summed E-state index contributed by atoms with van der Waals surface area (Å²) < 4.78 is 10.8. The van der Waals surface area contributed by atoms with Crippen LogP contribution in [0.5, 0.6) is 0 Å². The molecule has 2 aromatic rings. The Hall–Kier alpha value is -3.59. The molecule has 1 fully saturated rings. The van der Waals surface area contributed by atoms with Gasteiger partial charge in [0, 0.05) is 25.2 Å². The van der Waals surface area contributed by atoms with E-state index in [4.69, 9.17) is 9.47 Å². The van der Waals surface area contributed by atoms with Gasteiger partial charge in [-0.15, -0.1) is 0 Å². The number of rotatable bonds is 7. The van der Waals surface area contributed by atoms with Crippen molar-refractivity contribution in [1.29, 1.82) is 0 Å². The molecule has 0 radical (unpaired) electrons. The fourth-order valence-corrected chi connectivity index (χ4v) is 4.15. The summed E-state index contributed by atoms with van der Waals surface area (Å²) in [4.78, 5) is 39.1. The lowest BCUT2D eigenvalue weighted by Crippen LogP contribution is -2.43. The standard InChI is InChI=1S/C30H42N4O5/c1-29(2,3)38-27(36)33-25-10-8-7-9-24(25)32-26(35)23-13-11-21(12-14-23)19-31-20-22-15-17-34(18-16-22)28(37)39-30(4,5)6/h7-14,22,31H,15-20H2,1-6H3,(H,32,35)(H,33,36). The van der Waals surface area contributed by atoms with Crippen molar-refractivity contribution in [2.24, 2.45) is 5.92 Å². The summed E-state index contributed by atoms with van der Waals surface area (Å²) in [6, 6.07) is 14.4. The monoisotopic (exact) mass is 538 g/mol. The number of hydrogen-bond acceptors (Lipinski definition) is 6. The maximum Gasteiger partial charge on any atom is 0.412 e. The zero-order chi connectivity index (χ0) is 28.6. The molecule has 9 nitrogen and oxygen atoms in total. The lowest BCUT2D eigenvalue weighted by atomic mass is 9.97. The molecule has 1 saturated heterocycles. The zero-order valence-electron chi connectivity index (χ0n) is 23.9. The van der Waals surface area contributed by atoms with Crippen molar-refractivity contribution in [2.75, 3.05) is 30.3 Å². The van der Waals surface area contributed by atoms with Crippen LogP contribution in [0.4, 0.5) is 21.0 Å². The van der Waals surface area contributed by atoms with Gasteiger partial charge >= 0.3 is 12.2 Å². The molecule has 212 valence electrons. The van der Waals surface area contributed by atoms with Crippen LogP contribution in [0, 0.1) is 5.92 Å². The van der Waals surface area contributed by atoms with Crippen LogP contribution < -0.4 is 16.0 Å². The van der Waals surface area contributed by atoms with Gasteiger partial charge in [-0.3, -0.25) is 10.1 Å².